The molecule has 0 spiro atoms. The Bertz CT molecular complexity index is 640. The second-order valence-corrected chi connectivity index (χ2v) is 5.73. The number of carbonyl (C=O) groups is 1. The predicted octanol–water partition coefficient (Wildman–Crippen LogP) is 3.76. The molecule has 0 heterocycles. The van der Waals surface area contributed by atoms with Gasteiger partial charge in [-0.25, -0.2) is 5.48 Å². The van der Waals surface area contributed by atoms with Gasteiger partial charge >= 0.3 is 0 Å². The van der Waals surface area contributed by atoms with Crippen LogP contribution in [0.4, 0.5) is 0 Å². The van der Waals surface area contributed by atoms with Gasteiger partial charge in [-0.3, -0.25) is 10.0 Å². The lowest BCUT2D eigenvalue weighted by molar-refractivity contribution is -0.129. The number of aliphatic hydroxyl groups excluding tert-OH is 1. The molecule has 2 aromatic rings. The Morgan fingerprint density at radius 1 is 1.09 bits per heavy atom. The lowest BCUT2D eigenvalue weighted by Crippen LogP contribution is -2.17. The van der Waals surface area contributed by atoms with Crippen LogP contribution in [0.5, 0.6) is 0 Å². The first kappa shape index (κ1) is 17.2. The normalized spacial score (nSPS) is 12.0. The fraction of sp³-hybridized carbons (Fsp3) is 0.316. The van der Waals surface area contributed by atoms with Crippen LogP contribution in [0, 0.1) is 6.92 Å². The molecule has 4 nitrogen and oxygen atoms in total. The quantitative estimate of drug-likeness (QED) is 0.414. The van der Waals surface area contributed by atoms with Crippen molar-refractivity contribution in [3.05, 3.63) is 59.7 Å². The van der Waals surface area contributed by atoms with Crippen LogP contribution < -0.4 is 5.48 Å². The Hall–Kier alpha value is -2.17. The number of rotatable bonds is 7. The van der Waals surface area contributed by atoms with E-state index in [1.807, 2.05) is 37.3 Å². The van der Waals surface area contributed by atoms with Gasteiger partial charge in [-0.05, 0) is 42.0 Å². The second kappa shape index (κ2) is 8.46. The first-order valence-corrected chi connectivity index (χ1v) is 7.89. The zero-order valence-corrected chi connectivity index (χ0v) is 13.3. The van der Waals surface area contributed by atoms with E-state index in [1.165, 1.54) is 0 Å². The lowest BCUT2D eigenvalue weighted by atomic mass is 9.95. The Balaban J connectivity index is 1.96. The monoisotopic (exact) mass is 313 g/mol. The summed E-state index contributed by atoms with van der Waals surface area (Å²) < 4.78 is 0. The first-order chi connectivity index (χ1) is 11.1. The van der Waals surface area contributed by atoms with Crippen molar-refractivity contribution in [2.24, 2.45) is 0 Å². The average Bonchev–Trinajstić information content (AvgIpc) is 2.58. The number of carbonyl (C=O) groups excluding carboxylic acids is 1. The van der Waals surface area contributed by atoms with E-state index in [-0.39, 0.29) is 12.3 Å². The van der Waals surface area contributed by atoms with Crippen LogP contribution in [0.1, 0.15) is 42.9 Å². The predicted molar refractivity (Wildman–Crippen MR) is 90.0 cm³/mol. The Morgan fingerprint density at radius 3 is 2.48 bits per heavy atom. The molecule has 0 radical (unpaired) electrons. The Morgan fingerprint density at radius 2 is 1.83 bits per heavy atom. The van der Waals surface area contributed by atoms with Crippen molar-refractivity contribution in [3.8, 4) is 11.1 Å². The summed E-state index contributed by atoms with van der Waals surface area (Å²) in [6.45, 7) is 2.00. The molecule has 0 unspecified atom stereocenters. The van der Waals surface area contributed by atoms with Gasteiger partial charge in [-0.1, -0.05) is 55.0 Å². The van der Waals surface area contributed by atoms with Crippen molar-refractivity contribution < 1.29 is 15.1 Å². The summed E-state index contributed by atoms with van der Waals surface area (Å²) in [7, 11) is 0. The number of hydroxylamine groups is 1. The minimum Gasteiger partial charge on any atom is -0.388 e. The van der Waals surface area contributed by atoms with Crippen molar-refractivity contribution in [1.29, 1.82) is 0 Å². The highest BCUT2D eigenvalue weighted by Gasteiger charge is 2.11. The third-order valence-corrected chi connectivity index (χ3v) is 3.99. The van der Waals surface area contributed by atoms with Crippen LogP contribution in [0.3, 0.4) is 0 Å². The van der Waals surface area contributed by atoms with E-state index in [0.29, 0.717) is 12.8 Å². The van der Waals surface area contributed by atoms with E-state index < -0.39 is 6.10 Å². The molecule has 0 saturated heterocycles. The van der Waals surface area contributed by atoms with Crippen molar-refractivity contribution >= 4 is 5.91 Å². The molecule has 23 heavy (non-hydrogen) atoms. The van der Waals surface area contributed by atoms with Gasteiger partial charge in [-0.15, -0.1) is 0 Å². The molecule has 2 rings (SSSR count). The summed E-state index contributed by atoms with van der Waals surface area (Å²) in [5.41, 5.74) is 5.90. The van der Waals surface area contributed by atoms with Gasteiger partial charge in [0.25, 0.3) is 0 Å². The zero-order chi connectivity index (χ0) is 16.7. The SMILES string of the molecule is Cc1cc(-c2ccccc2)ccc1[C@H](O)CCCCC(=O)NO. The summed E-state index contributed by atoms with van der Waals surface area (Å²) in [4.78, 5) is 10.9. The highest BCUT2D eigenvalue weighted by atomic mass is 16.5. The molecule has 3 N–H and O–H groups in total. The van der Waals surface area contributed by atoms with E-state index in [9.17, 15) is 9.90 Å². The number of hydrogen-bond acceptors (Lipinski definition) is 3. The summed E-state index contributed by atoms with van der Waals surface area (Å²) in [6, 6.07) is 16.2. The minimum absolute atomic E-state index is 0.273. The summed E-state index contributed by atoms with van der Waals surface area (Å²) >= 11 is 0. The van der Waals surface area contributed by atoms with Gasteiger partial charge in [0.15, 0.2) is 0 Å². The molecule has 2 aromatic carbocycles. The third-order valence-electron chi connectivity index (χ3n) is 3.99. The van der Waals surface area contributed by atoms with Gasteiger partial charge in [-0.2, -0.15) is 0 Å². The summed E-state index contributed by atoms with van der Waals surface area (Å²) in [5, 5.41) is 18.8. The summed E-state index contributed by atoms with van der Waals surface area (Å²) in [6.07, 6.45) is 1.72. The fourth-order valence-electron chi connectivity index (χ4n) is 2.69. The molecule has 0 aliphatic rings. The number of hydrogen-bond donors (Lipinski definition) is 3. The van der Waals surface area contributed by atoms with E-state index in [2.05, 4.69) is 18.2 Å². The molecule has 0 bridgehead atoms. The number of unbranched alkanes of at least 4 members (excludes halogenated alkanes) is 1. The molecular weight excluding hydrogens is 290 g/mol. The molecule has 0 saturated carbocycles. The topological polar surface area (TPSA) is 69.6 Å². The van der Waals surface area contributed by atoms with Crippen LogP contribution in [0.15, 0.2) is 48.5 Å². The molecule has 1 atom stereocenters. The zero-order valence-electron chi connectivity index (χ0n) is 13.3. The minimum atomic E-state index is -0.531. The Labute approximate surface area is 136 Å². The third kappa shape index (κ3) is 4.91. The van der Waals surface area contributed by atoms with Crippen LogP contribution in [0.2, 0.25) is 0 Å². The molecule has 0 fully saturated rings. The maximum Gasteiger partial charge on any atom is 0.243 e. The van der Waals surface area contributed by atoms with Crippen LogP contribution in [-0.4, -0.2) is 16.2 Å². The second-order valence-electron chi connectivity index (χ2n) is 5.73. The number of benzene rings is 2. The van der Waals surface area contributed by atoms with Gasteiger partial charge in [0, 0.05) is 6.42 Å². The smallest absolute Gasteiger partial charge is 0.243 e. The Kier molecular flexibility index (Phi) is 6.32. The highest BCUT2D eigenvalue weighted by molar-refractivity contribution is 5.74. The van der Waals surface area contributed by atoms with E-state index >= 15 is 0 Å². The van der Waals surface area contributed by atoms with E-state index in [4.69, 9.17) is 5.21 Å². The largest absolute Gasteiger partial charge is 0.388 e. The van der Waals surface area contributed by atoms with Crippen molar-refractivity contribution in [3.63, 3.8) is 0 Å². The molecule has 0 aliphatic carbocycles. The molecule has 1 amide bonds. The maximum atomic E-state index is 10.9. The number of aryl methyl sites for hydroxylation is 1. The first-order valence-electron chi connectivity index (χ1n) is 7.89. The van der Waals surface area contributed by atoms with Crippen LogP contribution in [-0.2, 0) is 4.79 Å². The lowest BCUT2D eigenvalue weighted by Gasteiger charge is -2.15. The summed E-state index contributed by atoms with van der Waals surface area (Å²) in [5.74, 6) is -0.386. The van der Waals surface area contributed by atoms with Gasteiger partial charge in [0.2, 0.25) is 5.91 Å². The molecule has 0 aliphatic heterocycles. The molecular formula is C19H23NO3. The fourth-order valence-corrected chi connectivity index (χ4v) is 2.69. The number of nitrogens with one attached hydrogen (secondary N) is 1. The molecule has 4 heteroatoms. The van der Waals surface area contributed by atoms with Crippen molar-refractivity contribution in [2.45, 2.75) is 38.7 Å². The van der Waals surface area contributed by atoms with Crippen LogP contribution >= 0.6 is 0 Å². The van der Waals surface area contributed by atoms with Crippen molar-refractivity contribution in [2.75, 3.05) is 0 Å². The standard InChI is InChI=1S/C19H23NO3/c1-14-13-16(15-7-3-2-4-8-15)11-12-17(14)18(21)9-5-6-10-19(22)20-23/h2-4,7-8,11-13,18,21,23H,5-6,9-10H2,1H3,(H,20,22)/t18-/m1/s1. The number of amides is 1. The average molecular weight is 313 g/mol. The van der Waals surface area contributed by atoms with Gasteiger partial charge in [0.1, 0.15) is 0 Å². The highest BCUT2D eigenvalue weighted by Crippen LogP contribution is 2.27. The van der Waals surface area contributed by atoms with Crippen LogP contribution in [0.25, 0.3) is 11.1 Å². The van der Waals surface area contributed by atoms with Gasteiger partial charge in [0.05, 0.1) is 6.10 Å². The molecule has 0 aromatic heterocycles. The van der Waals surface area contributed by atoms with E-state index in [0.717, 1.165) is 28.7 Å². The number of aliphatic hydroxyl groups is 1. The van der Waals surface area contributed by atoms with Gasteiger partial charge < -0.3 is 5.11 Å². The van der Waals surface area contributed by atoms with Crippen molar-refractivity contribution in [1.82, 2.24) is 5.48 Å². The molecule has 122 valence electrons. The maximum absolute atomic E-state index is 10.9. The van der Waals surface area contributed by atoms with E-state index in [1.54, 1.807) is 5.48 Å².